The van der Waals surface area contributed by atoms with Crippen LogP contribution in [-0.4, -0.2) is 46.4 Å². The van der Waals surface area contributed by atoms with Gasteiger partial charge in [-0.2, -0.15) is 5.10 Å². The van der Waals surface area contributed by atoms with Crippen LogP contribution in [0.3, 0.4) is 0 Å². The maximum Gasteiger partial charge on any atom is 0.222 e. The van der Waals surface area contributed by atoms with Gasteiger partial charge in [0.25, 0.3) is 0 Å². The van der Waals surface area contributed by atoms with Crippen molar-refractivity contribution in [2.45, 2.75) is 44.3 Å². The number of aromatic nitrogens is 7. The van der Waals surface area contributed by atoms with Crippen LogP contribution in [0.2, 0.25) is 0 Å². The van der Waals surface area contributed by atoms with Gasteiger partial charge in [-0.25, -0.2) is 19.5 Å². The molecular formula is C21H26N10. The smallest absolute Gasteiger partial charge is 0.222 e. The zero-order chi connectivity index (χ0) is 21.2. The number of aryl methyl sites for hydroxylation is 1. The molecule has 10 nitrogen and oxygen atoms in total. The van der Waals surface area contributed by atoms with Crippen LogP contribution in [0.15, 0.2) is 43.1 Å². The zero-order valence-electron chi connectivity index (χ0n) is 17.4. The number of nitrogens with one attached hydrogen (secondary N) is 2. The molecule has 0 amide bonds. The molecule has 0 aliphatic heterocycles. The summed E-state index contributed by atoms with van der Waals surface area (Å²) in [5.41, 5.74) is 9.58. The topological polar surface area (TPSA) is 124 Å². The number of hydrogen-bond acceptors (Lipinski definition) is 8. The number of hydrogen-bond donors (Lipinski definition) is 3. The number of nitrogens with two attached hydrogens (primary N) is 1. The average Bonchev–Trinajstić information content (AvgIpc) is 3.40. The molecule has 4 aromatic heterocycles. The maximum absolute atomic E-state index is 6.02. The molecule has 1 aliphatic rings. The van der Waals surface area contributed by atoms with Crippen LogP contribution in [-0.2, 0) is 13.6 Å². The Balaban J connectivity index is 1.31. The Labute approximate surface area is 179 Å². The summed E-state index contributed by atoms with van der Waals surface area (Å²) in [6, 6.07) is 4.68. The number of imidazole rings is 1. The monoisotopic (exact) mass is 418 g/mol. The van der Waals surface area contributed by atoms with E-state index in [9.17, 15) is 0 Å². The van der Waals surface area contributed by atoms with Gasteiger partial charge in [-0.3, -0.25) is 4.68 Å². The van der Waals surface area contributed by atoms with Crippen molar-refractivity contribution in [2.75, 3.05) is 10.6 Å². The lowest BCUT2D eigenvalue weighted by Crippen LogP contribution is -2.33. The first-order valence-corrected chi connectivity index (χ1v) is 10.5. The number of nitrogens with zero attached hydrogens (tertiary/aromatic N) is 7. The first-order chi connectivity index (χ1) is 15.1. The largest absolute Gasteiger partial charge is 0.366 e. The van der Waals surface area contributed by atoms with E-state index in [2.05, 4.69) is 30.7 Å². The molecule has 1 aliphatic carbocycles. The third-order valence-electron chi connectivity index (χ3n) is 5.64. The third-order valence-corrected chi connectivity index (χ3v) is 5.64. The van der Waals surface area contributed by atoms with Crippen molar-refractivity contribution in [3.05, 3.63) is 48.7 Å². The molecule has 1 fully saturated rings. The van der Waals surface area contributed by atoms with E-state index in [4.69, 9.17) is 10.8 Å². The van der Waals surface area contributed by atoms with Crippen molar-refractivity contribution in [3.63, 3.8) is 0 Å². The summed E-state index contributed by atoms with van der Waals surface area (Å²) >= 11 is 0. The third kappa shape index (κ3) is 4.33. The zero-order valence-corrected chi connectivity index (χ0v) is 17.4. The van der Waals surface area contributed by atoms with Crippen molar-refractivity contribution in [1.82, 2.24) is 34.3 Å². The summed E-state index contributed by atoms with van der Waals surface area (Å²) in [6.45, 7) is 0.617. The molecule has 1 saturated carbocycles. The summed E-state index contributed by atoms with van der Waals surface area (Å²) in [5.74, 6) is 1.40. The van der Waals surface area contributed by atoms with E-state index in [-0.39, 0.29) is 0 Å². The Bertz CT molecular complexity index is 1150. The van der Waals surface area contributed by atoms with E-state index in [1.54, 1.807) is 23.3 Å². The van der Waals surface area contributed by atoms with Gasteiger partial charge in [-0.15, -0.1) is 5.10 Å². The highest BCUT2D eigenvalue weighted by Gasteiger charge is 2.19. The normalized spacial score (nSPS) is 18.9. The fourth-order valence-electron chi connectivity index (χ4n) is 3.92. The van der Waals surface area contributed by atoms with Gasteiger partial charge in [-0.1, -0.05) is 0 Å². The Kier molecular flexibility index (Phi) is 5.21. The first kappa shape index (κ1) is 19.4. The molecular weight excluding hydrogens is 392 g/mol. The minimum absolute atomic E-state index is 0.329. The standard InChI is InChI=1S/C21H26N10/c1-30-13-14(9-27-30)8-24-21-25-10-15(11-26-21)18-12-23-20-7-6-19(29-31(18)20)28-17-4-2-16(22)3-5-17/h6-7,9-13,16-17H,2-5,8,22H2,1H3,(H,28,29)(H,24,25,26). The summed E-state index contributed by atoms with van der Waals surface area (Å²) in [7, 11) is 1.89. The predicted molar refractivity (Wildman–Crippen MR) is 118 cm³/mol. The molecule has 0 radical (unpaired) electrons. The van der Waals surface area contributed by atoms with Crippen molar-refractivity contribution in [1.29, 1.82) is 0 Å². The molecule has 4 N–H and O–H groups in total. The van der Waals surface area contributed by atoms with Gasteiger partial charge in [-0.05, 0) is 37.8 Å². The van der Waals surface area contributed by atoms with Crippen molar-refractivity contribution in [2.24, 2.45) is 12.8 Å². The highest BCUT2D eigenvalue weighted by molar-refractivity contribution is 5.62. The summed E-state index contributed by atoms with van der Waals surface area (Å²) in [6.07, 6.45) is 13.4. The molecule has 4 aromatic rings. The van der Waals surface area contributed by atoms with Crippen molar-refractivity contribution >= 4 is 17.4 Å². The van der Waals surface area contributed by atoms with Crippen LogP contribution < -0.4 is 16.4 Å². The quantitative estimate of drug-likeness (QED) is 0.435. The van der Waals surface area contributed by atoms with Gasteiger partial charge in [0.05, 0.1) is 18.1 Å². The summed E-state index contributed by atoms with van der Waals surface area (Å²) < 4.78 is 3.60. The molecule has 10 heteroatoms. The lowest BCUT2D eigenvalue weighted by Gasteiger charge is -2.27. The van der Waals surface area contributed by atoms with Crippen molar-refractivity contribution in [3.8, 4) is 11.3 Å². The highest BCUT2D eigenvalue weighted by atomic mass is 15.3. The summed E-state index contributed by atoms with van der Waals surface area (Å²) in [5, 5.41) is 15.7. The van der Waals surface area contributed by atoms with E-state index >= 15 is 0 Å². The first-order valence-electron chi connectivity index (χ1n) is 10.5. The molecule has 0 spiro atoms. The number of fused-ring (bicyclic) bond motifs is 1. The van der Waals surface area contributed by atoms with Gasteiger partial charge in [0.1, 0.15) is 5.82 Å². The second-order valence-corrected chi connectivity index (χ2v) is 8.06. The van der Waals surface area contributed by atoms with E-state index in [0.717, 1.165) is 54.0 Å². The van der Waals surface area contributed by atoms with Gasteiger partial charge in [0.15, 0.2) is 5.65 Å². The number of anilines is 2. The second-order valence-electron chi connectivity index (χ2n) is 8.06. The summed E-state index contributed by atoms with van der Waals surface area (Å²) in [4.78, 5) is 13.4. The van der Waals surface area contributed by atoms with Gasteiger partial charge in [0, 0.05) is 55.4 Å². The molecule has 0 unspecified atom stereocenters. The highest BCUT2D eigenvalue weighted by Crippen LogP contribution is 2.23. The van der Waals surface area contributed by atoms with E-state index in [1.807, 2.05) is 36.1 Å². The molecule has 0 atom stereocenters. The fraction of sp³-hybridized carbons (Fsp3) is 0.381. The average molecular weight is 419 g/mol. The molecule has 160 valence electrons. The van der Waals surface area contributed by atoms with Gasteiger partial charge < -0.3 is 16.4 Å². The van der Waals surface area contributed by atoms with E-state index in [1.165, 1.54) is 0 Å². The minimum Gasteiger partial charge on any atom is -0.366 e. The lowest BCUT2D eigenvalue weighted by atomic mass is 9.92. The van der Waals surface area contributed by atoms with Gasteiger partial charge in [0.2, 0.25) is 5.95 Å². The maximum atomic E-state index is 6.02. The molecule has 4 heterocycles. The molecule has 5 rings (SSSR count). The SMILES string of the molecule is Cn1cc(CNc2ncc(-c3cnc4ccc(NC5CCC(N)CC5)nn34)cn2)cn1. The minimum atomic E-state index is 0.329. The van der Waals surface area contributed by atoms with Crippen LogP contribution in [0.4, 0.5) is 11.8 Å². The Morgan fingerprint density at radius 3 is 2.58 bits per heavy atom. The van der Waals surface area contributed by atoms with Gasteiger partial charge >= 0.3 is 0 Å². The molecule has 0 saturated heterocycles. The molecule has 0 aromatic carbocycles. The van der Waals surface area contributed by atoms with Crippen LogP contribution in [0.1, 0.15) is 31.2 Å². The number of rotatable bonds is 6. The van der Waals surface area contributed by atoms with Crippen LogP contribution >= 0.6 is 0 Å². The predicted octanol–water partition coefficient (Wildman–Crippen LogP) is 2.21. The molecule has 0 bridgehead atoms. The van der Waals surface area contributed by atoms with Crippen molar-refractivity contribution < 1.29 is 0 Å². The fourth-order valence-corrected chi connectivity index (χ4v) is 3.92. The Morgan fingerprint density at radius 1 is 1.03 bits per heavy atom. The van der Waals surface area contributed by atoms with Crippen LogP contribution in [0.5, 0.6) is 0 Å². The second kappa shape index (κ2) is 8.31. The van der Waals surface area contributed by atoms with Crippen LogP contribution in [0.25, 0.3) is 16.9 Å². The Hall–Kier alpha value is -3.53. The van der Waals surface area contributed by atoms with Crippen LogP contribution in [0, 0.1) is 0 Å². The Morgan fingerprint density at radius 2 is 1.84 bits per heavy atom. The lowest BCUT2D eigenvalue weighted by molar-refractivity contribution is 0.410. The molecule has 31 heavy (non-hydrogen) atoms. The van der Waals surface area contributed by atoms with E-state index < -0.39 is 0 Å². The van der Waals surface area contributed by atoms with E-state index in [0.29, 0.717) is 24.6 Å².